The van der Waals surface area contributed by atoms with Crippen molar-refractivity contribution in [3.8, 4) is 10.4 Å². The normalized spacial score (nSPS) is 17.8. The standard InChI is InChI=1S/C39H41N3O4S/c1-3-4-5-6-7-11-22-41-23-12-13-28-25-29(16-20-34(28)41)35-21-19-33(47-35)18-17-32-26-30(24-27(2)46-32)36-37(39(44)45)40-42(38(36)43)31-14-9-8-10-15-31/h8-10,14-21,24-26H,3-7,11-13,22-23H2,1-2H3,(H,44,45). The van der Waals surface area contributed by atoms with Gasteiger partial charge in [0.05, 0.1) is 11.3 Å². The molecule has 1 N–H and O–H groups in total. The molecule has 47 heavy (non-hydrogen) atoms. The van der Waals surface area contributed by atoms with Crippen LogP contribution in [0.2, 0.25) is 0 Å². The molecule has 1 amide bonds. The smallest absolute Gasteiger partial charge is 0.357 e. The minimum absolute atomic E-state index is 0.0336. The lowest BCUT2D eigenvalue weighted by Crippen LogP contribution is -2.30. The second-order valence-corrected chi connectivity index (χ2v) is 13.3. The molecule has 3 aromatic rings. The van der Waals surface area contributed by atoms with Crippen LogP contribution in [0.5, 0.6) is 0 Å². The lowest BCUT2D eigenvalue weighted by molar-refractivity contribution is -0.129. The first kappa shape index (κ1) is 32.3. The van der Waals surface area contributed by atoms with E-state index in [0.717, 1.165) is 29.4 Å². The molecular formula is C39H41N3O4S. The van der Waals surface area contributed by atoms with Crippen LogP contribution in [0, 0.1) is 0 Å². The van der Waals surface area contributed by atoms with Crippen LogP contribution in [0.3, 0.4) is 0 Å². The van der Waals surface area contributed by atoms with E-state index in [1.165, 1.54) is 66.6 Å². The third-order valence-corrected chi connectivity index (χ3v) is 9.77. The van der Waals surface area contributed by atoms with E-state index in [1.807, 2.05) is 18.2 Å². The summed E-state index contributed by atoms with van der Waals surface area (Å²) in [5.74, 6) is -0.692. The zero-order valence-corrected chi connectivity index (χ0v) is 27.9. The Labute approximate surface area is 280 Å². The van der Waals surface area contributed by atoms with Gasteiger partial charge in [0.2, 0.25) is 0 Å². The highest BCUT2D eigenvalue weighted by molar-refractivity contribution is 7.16. The first-order valence-electron chi connectivity index (χ1n) is 16.6. The van der Waals surface area contributed by atoms with Gasteiger partial charge in [0, 0.05) is 28.5 Å². The Kier molecular flexibility index (Phi) is 10.2. The van der Waals surface area contributed by atoms with Gasteiger partial charge in [0.15, 0.2) is 5.71 Å². The minimum Gasteiger partial charge on any atom is -0.476 e. The van der Waals surface area contributed by atoms with E-state index in [1.54, 1.807) is 54.7 Å². The summed E-state index contributed by atoms with van der Waals surface area (Å²) in [6, 6.07) is 20.0. The summed E-state index contributed by atoms with van der Waals surface area (Å²) in [5, 5.41) is 15.2. The van der Waals surface area contributed by atoms with Gasteiger partial charge in [-0.1, -0.05) is 63.3 Å². The summed E-state index contributed by atoms with van der Waals surface area (Å²) in [6.07, 6.45) is 17.4. The Morgan fingerprint density at radius 3 is 2.62 bits per heavy atom. The molecule has 0 fully saturated rings. The summed E-state index contributed by atoms with van der Waals surface area (Å²) >= 11 is 1.71. The number of carbonyl (C=O) groups is 2. The Morgan fingerprint density at radius 1 is 1.00 bits per heavy atom. The van der Waals surface area contributed by atoms with Crippen LogP contribution in [-0.4, -0.2) is 35.8 Å². The van der Waals surface area contributed by atoms with Crippen LogP contribution in [-0.2, 0) is 20.7 Å². The number of para-hydroxylation sites is 1. The molecule has 242 valence electrons. The number of allylic oxidation sites excluding steroid dienone is 5. The molecular weight excluding hydrogens is 607 g/mol. The number of amides is 1. The van der Waals surface area contributed by atoms with Crippen molar-refractivity contribution in [2.24, 2.45) is 5.10 Å². The monoisotopic (exact) mass is 647 g/mol. The van der Waals surface area contributed by atoms with Gasteiger partial charge in [-0.25, -0.2) is 4.79 Å². The Morgan fingerprint density at radius 2 is 1.81 bits per heavy atom. The first-order valence-corrected chi connectivity index (χ1v) is 17.4. The predicted molar refractivity (Wildman–Crippen MR) is 192 cm³/mol. The number of fused-ring (bicyclic) bond motifs is 1. The number of nitrogens with zero attached hydrogens (tertiary/aromatic N) is 3. The van der Waals surface area contributed by atoms with Crippen molar-refractivity contribution in [3.05, 3.63) is 112 Å². The van der Waals surface area contributed by atoms with Crippen molar-refractivity contribution in [3.63, 3.8) is 0 Å². The lowest BCUT2D eigenvalue weighted by Gasteiger charge is -2.31. The fraction of sp³-hybridized carbons (Fsp3) is 0.308. The van der Waals surface area contributed by atoms with E-state index in [4.69, 9.17) is 4.74 Å². The SMILES string of the molecule is CCCCCCCCN1CCCc2cc(-c3ccc(C=CC4=CC(=C5C(=O)N(c6ccccc6)N=C5C(=O)O)C=C(C)O4)s3)ccc21. The number of unbranched alkanes of at least 4 members (excludes halogenated alkanes) is 5. The van der Waals surface area contributed by atoms with Crippen molar-refractivity contribution in [2.75, 3.05) is 23.0 Å². The molecule has 0 atom stereocenters. The molecule has 2 aromatic carbocycles. The molecule has 0 radical (unpaired) electrons. The van der Waals surface area contributed by atoms with Crippen molar-refractivity contribution >= 4 is 46.4 Å². The van der Waals surface area contributed by atoms with Gasteiger partial charge < -0.3 is 14.7 Å². The van der Waals surface area contributed by atoms with Crippen LogP contribution in [0.1, 0.15) is 69.2 Å². The molecule has 0 spiro atoms. The number of carbonyl (C=O) groups excluding carboxylic acids is 1. The molecule has 6 rings (SSSR count). The zero-order valence-electron chi connectivity index (χ0n) is 27.1. The fourth-order valence-corrected chi connectivity index (χ4v) is 7.25. The molecule has 1 aromatic heterocycles. The number of carboxylic acid groups (broad SMARTS) is 1. The predicted octanol–water partition coefficient (Wildman–Crippen LogP) is 9.14. The second kappa shape index (κ2) is 14.8. The Hall–Kier alpha value is -4.69. The van der Waals surface area contributed by atoms with Crippen molar-refractivity contribution in [1.29, 1.82) is 0 Å². The second-order valence-electron chi connectivity index (χ2n) is 12.2. The minimum atomic E-state index is -1.26. The van der Waals surface area contributed by atoms with E-state index in [0.29, 0.717) is 22.8 Å². The van der Waals surface area contributed by atoms with Crippen LogP contribution in [0.15, 0.2) is 107 Å². The van der Waals surface area contributed by atoms with Crippen LogP contribution in [0.25, 0.3) is 16.5 Å². The molecule has 3 aliphatic rings. The van der Waals surface area contributed by atoms with E-state index in [9.17, 15) is 14.7 Å². The average Bonchev–Trinajstić information content (AvgIpc) is 3.70. The molecule has 4 heterocycles. The van der Waals surface area contributed by atoms with Gasteiger partial charge in [0.25, 0.3) is 5.91 Å². The molecule has 0 saturated carbocycles. The molecule has 0 bridgehead atoms. The number of rotatable bonds is 12. The van der Waals surface area contributed by atoms with E-state index >= 15 is 0 Å². The summed E-state index contributed by atoms with van der Waals surface area (Å²) in [7, 11) is 0. The van der Waals surface area contributed by atoms with Gasteiger partial charge >= 0.3 is 5.97 Å². The number of ether oxygens (including phenoxy) is 1. The number of hydrazone groups is 1. The first-order chi connectivity index (χ1) is 22.9. The highest BCUT2D eigenvalue weighted by Gasteiger charge is 2.37. The van der Waals surface area contributed by atoms with E-state index in [-0.39, 0.29) is 11.3 Å². The quantitative estimate of drug-likeness (QED) is 0.157. The molecule has 8 heteroatoms. The van der Waals surface area contributed by atoms with Gasteiger partial charge in [0.1, 0.15) is 11.5 Å². The number of thiophene rings is 1. The van der Waals surface area contributed by atoms with Crippen LogP contribution in [0.4, 0.5) is 11.4 Å². The maximum atomic E-state index is 13.4. The molecule has 3 aliphatic heterocycles. The van der Waals surface area contributed by atoms with Crippen molar-refractivity contribution in [2.45, 2.75) is 65.2 Å². The Bertz CT molecular complexity index is 1800. The maximum absolute atomic E-state index is 13.4. The molecule has 0 aliphatic carbocycles. The third kappa shape index (κ3) is 7.49. The van der Waals surface area contributed by atoms with Crippen LogP contribution < -0.4 is 9.91 Å². The van der Waals surface area contributed by atoms with E-state index in [2.05, 4.69) is 47.3 Å². The summed E-state index contributed by atoms with van der Waals surface area (Å²) < 4.78 is 5.95. The lowest BCUT2D eigenvalue weighted by atomic mass is 9.98. The number of hydrogen-bond acceptors (Lipinski definition) is 6. The van der Waals surface area contributed by atoms with Gasteiger partial charge in [-0.15, -0.1) is 11.3 Å². The van der Waals surface area contributed by atoms with Crippen LogP contribution >= 0.6 is 11.3 Å². The number of anilines is 2. The summed E-state index contributed by atoms with van der Waals surface area (Å²) in [4.78, 5) is 30.4. The molecule has 0 saturated heterocycles. The maximum Gasteiger partial charge on any atom is 0.357 e. The number of carboxylic acids is 1. The van der Waals surface area contributed by atoms with Crippen molar-refractivity contribution < 1.29 is 19.4 Å². The van der Waals surface area contributed by atoms with Crippen molar-refractivity contribution in [1.82, 2.24) is 0 Å². The largest absolute Gasteiger partial charge is 0.476 e. The van der Waals surface area contributed by atoms with E-state index < -0.39 is 11.9 Å². The topological polar surface area (TPSA) is 82.4 Å². The summed E-state index contributed by atoms with van der Waals surface area (Å²) in [5.41, 5.74) is 4.75. The molecule has 7 nitrogen and oxygen atoms in total. The summed E-state index contributed by atoms with van der Waals surface area (Å²) in [6.45, 7) is 6.33. The zero-order chi connectivity index (χ0) is 32.8. The third-order valence-electron chi connectivity index (χ3n) is 8.67. The number of hydrogen-bond donors (Lipinski definition) is 1. The average molecular weight is 648 g/mol. The van der Waals surface area contributed by atoms with Gasteiger partial charge in [-0.2, -0.15) is 10.1 Å². The Balaban J connectivity index is 1.17. The molecule has 0 unspecified atom stereocenters. The fourth-order valence-electron chi connectivity index (χ4n) is 6.35. The number of aryl methyl sites for hydroxylation is 1. The number of benzene rings is 2. The van der Waals surface area contributed by atoms with Gasteiger partial charge in [-0.3, -0.25) is 4.79 Å². The highest BCUT2D eigenvalue weighted by Crippen LogP contribution is 2.36. The van der Waals surface area contributed by atoms with Gasteiger partial charge in [-0.05, 0) is 104 Å². The highest BCUT2D eigenvalue weighted by atomic mass is 32.1. The number of aliphatic carboxylic acids is 1.